The summed E-state index contributed by atoms with van der Waals surface area (Å²) >= 11 is 0. The van der Waals surface area contributed by atoms with Crippen LogP contribution in [0.5, 0.6) is 0 Å². The van der Waals surface area contributed by atoms with Crippen molar-refractivity contribution < 1.29 is 9.53 Å². The lowest BCUT2D eigenvalue weighted by molar-refractivity contribution is -0.134. The third-order valence-electron chi connectivity index (χ3n) is 2.78. The molecule has 1 aliphatic rings. The van der Waals surface area contributed by atoms with Crippen LogP contribution in [0.15, 0.2) is 0 Å². The number of hydrogen-bond acceptors (Lipinski definition) is 3. The van der Waals surface area contributed by atoms with Crippen LogP contribution >= 0.6 is 0 Å². The Bertz CT molecular complexity index is 254. The summed E-state index contributed by atoms with van der Waals surface area (Å²) in [6.45, 7) is 3.64. The maximum Gasteiger partial charge on any atom is 0.226 e. The summed E-state index contributed by atoms with van der Waals surface area (Å²) < 4.78 is 5.52. The standard InChI is InChI=1S/C12H20N2O2/c1-2-7-14(8-6-13)12(15)10-11-5-3-4-9-16-11/h11H,2-5,7-10H2,1H3. The number of rotatable bonds is 5. The topological polar surface area (TPSA) is 53.3 Å². The average Bonchev–Trinajstić information content (AvgIpc) is 2.30. The van der Waals surface area contributed by atoms with Crippen molar-refractivity contribution in [3.63, 3.8) is 0 Å². The molecule has 4 nitrogen and oxygen atoms in total. The van der Waals surface area contributed by atoms with Crippen LogP contribution < -0.4 is 0 Å². The van der Waals surface area contributed by atoms with Gasteiger partial charge in [0, 0.05) is 13.2 Å². The van der Waals surface area contributed by atoms with Gasteiger partial charge in [-0.25, -0.2) is 0 Å². The zero-order valence-electron chi connectivity index (χ0n) is 9.95. The summed E-state index contributed by atoms with van der Waals surface area (Å²) in [5, 5.41) is 8.64. The predicted molar refractivity (Wildman–Crippen MR) is 60.7 cm³/mol. The molecule has 1 amide bonds. The second-order valence-corrected chi connectivity index (χ2v) is 4.17. The lowest BCUT2D eigenvalue weighted by atomic mass is 10.1. The first kappa shape index (κ1) is 13.0. The summed E-state index contributed by atoms with van der Waals surface area (Å²) in [6, 6.07) is 2.04. The Balaban J connectivity index is 2.38. The zero-order valence-corrected chi connectivity index (χ0v) is 9.95. The lowest BCUT2D eigenvalue weighted by Gasteiger charge is -2.25. The minimum absolute atomic E-state index is 0.0512. The van der Waals surface area contributed by atoms with Crippen molar-refractivity contribution in [1.82, 2.24) is 4.90 Å². The highest BCUT2D eigenvalue weighted by Gasteiger charge is 2.20. The normalized spacial score (nSPS) is 20.1. The van der Waals surface area contributed by atoms with Crippen LogP contribution in [0.3, 0.4) is 0 Å². The van der Waals surface area contributed by atoms with Crippen molar-refractivity contribution in [2.75, 3.05) is 19.7 Å². The van der Waals surface area contributed by atoms with E-state index in [9.17, 15) is 4.79 Å². The summed E-state index contributed by atoms with van der Waals surface area (Å²) in [6.07, 6.45) is 4.60. The van der Waals surface area contributed by atoms with Crippen LogP contribution in [0, 0.1) is 11.3 Å². The van der Waals surface area contributed by atoms with E-state index in [4.69, 9.17) is 10.00 Å². The molecule has 0 spiro atoms. The van der Waals surface area contributed by atoms with Crippen LogP contribution in [0.25, 0.3) is 0 Å². The number of ether oxygens (including phenoxy) is 1. The fraction of sp³-hybridized carbons (Fsp3) is 0.833. The second-order valence-electron chi connectivity index (χ2n) is 4.17. The molecule has 0 aromatic heterocycles. The average molecular weight is 224 g/mol. The maximum atomic E-state index is 11.9. The Kier molecular flexibility index (Phi) is 5.87. The van der Waals surface area contributed by atoms with Gasteiger partial charge in [-0.3, -0.25) is 4.79 Å². The van der Waals surface area contributed by atoms with Gasteiger partial charge < -0.3 is 9.64 Å². The van der Waals surface area contributed by atoms with Crippen molar-refractivity contribution in [2.45, 2.75) is 45.1 Å². The third kappa shape index (κ3) is 4.19. The molecule has 1 unspecified atom stereocenters. The molecular weight excluding hydrogens is 204 g/mol. The molecule has 0 bridgehead atoms. The van der Waals surface area contributed by atoms with Crippen molar-refractivity contribution in [3.8, 4) is 6.07 Å². The van der Waals surface area contributed by atoms with Crippen LogP contribution in [-0.4, -0.2) is 36.6 Å². The van der Waals surface area contributed by atoms with Gasteiger partial charge in [0.15, 0.2) is 0 Å². The number of carbonyl (C=O) groups is 1. The van der Waals surface area contributed by atoms with Crippen LogP contribution in [0.2, 0.25) is 0 Å². The number of nitrogens with zero attached hydrogens (tertiary/aromatic N) is 2. The summed E-state index contributed by atoms with van der Waals surface area (Å²) in [7, 11) is 0. The maximum absolute atomic E-state index is 11.9. The van der Waals surface area contributed by atoms with E-state index >= 15 is 0 Å². The Morgan fingerprint density at radius 2 is 2.38 bits per heavy atom. The summed E-state index contributed by atoms with van der Waals surface area (Å²) in [5.41, 5.74) is 0. The van der Waals surface area contributed by atoms with Gasteiger partial charge in [-0.05, 0) is 25.7 Å². The minimum atomic E-state index is 0.0512. The first-order valence-corrected chi connectivity index (χ1v) is 6.04. The van der Waals surface area contributed by atoms with E-state index < -0.39 is 0 Å². The number of hydrogen-bond donors (Lipinski definition) is 0. The fourth-order valence-corrected chi connectivity index (χ4v) is 1.94. The van der Waals surface area contributed by atoms with Crippen LogP contribution in [-0.2, 0) is 9.53 Å². The highest BCUT2D eigenvalue weighted by Crippen LogP contribution is 2.16. The van der Waals surface area contributed by atoms with E-state index in [1.807, 2.05) is 13.0 Å². The molecule has 0 aliphatic carbocycles. The quantitative estimate of drug-likeness (QED) is 0.668. The molecule has 1 heterocycles. The highest BCUT2D eigenvalue weighted by atomic mass is 16.5. The van der Waals surface area contributed by atoms with Crippen molar-refractivity contribution in [1.29, 1.82) is 5.26 Å². The molecule has 0 saturated carbocycles. The minimum Gasteiger partial charge on any atom is -0.378 e. The van der Waals surface area contributed by atoms with E-state index in [-0.39, 0.29) is 18.6 Å². The van der Waals surface area contributed by atoms with Gasteiger partial charge in [-0.1, -0.05) is 6.92 Å². The van der Waals surface area contributed by atoms with Crippen molar-refractivity contribution >= 4 is 5.91 Å². The largest absolute Gasteiger partial charge is 0.378 e. The number of carbonyl (C=O) groups excluding carboxylic acids is 1. The van der Waals surface area contributed by atoms with Gasteiger partial charge in [0.25, 0.3) is 0 Å². The van der Waals surface area contributed by atoms with E-state index in [1.54, 1.807) is 4.90 Å². The molecule has 1 atom stereocenters. The van der Waals surface area contributed by atoms with E-state index in [0.29, 0.717) is 13.0 Å². The first-order chi connectivity index (χ1) is 7.77. The molecule has 4 heteroatoms. The molecule has 16 heavy (non-hydrogen) atoms. The molecule has 1 fully saturated rings. The highest BCUT2D eigenvalue weighted by molar-refractivity contribution is 5.76. The van der Waals surface area contributed by atoms with Gasteiger partial charge in [0.2, 0.25) is 5.91 Å². The van der Waals surface area contributed by atoms with Crippen LogP contribution in [0.4, 0.5) is 0 Å². The first-order valence-electron chi connectivity index (χ1n) is 6.04. The molecule has 1 rings (SSSR count). The number of nitriles is 1. The third-order valence-corrected chi connectivity index (χ3v) is 2.78. The molecule has 90 valence electrons. The van der Waals surface area contributed by atoms with Gasteiger partial charge in [0.05, 0.1) is 18.6 Å². The molecule has 1 saturated heterocycles. The summed E-state index contributed by atoms with van der Waals surface area (Å²) in [4.78, 5) is 13.5. The van der Waals surface area contributed by atoms with E-state index in [0.717, 1.165) is 32.3 Å². The Morgan fingerprint density at radius 3 is 2.94 bits per heavy atom. The SMILES string of the molecule is CCCN(CC#N)C(=O)CC1CCCCO1. The smallest absolute Gasteiger partial charge is 0.226 e. The van der Waals surface area contributed by atoms with E-state index in [1.165, 1.54) is 0 Å². The molecule has 0 aromatic carbocycles. The second kappa shape index (κ2) is 7.24. The van der Waals surface area contributed by atoms with Crippen molar-refractivity contribution in [3.05, 3.63) is 0 Å². The predicted octanol–water partition coefficient (Wildman–Crippen LogP) is 1.71. The van der Waals surface area contributed by atoms with E-state index in [2.05, 4.69) is 0 Å². The zero-order chi connectivity index (χ0) is 11.8. The van der Waals surface area contributed by atoms with Gasteiger partial charge in [-0.15, -0.1) is 0 Å². The van der Waals surface area contributed by atoms with Gasteiger partial charge in [0.1, 0.15) is 6.54 Å². The van der Waals surface area contributed by atoms with Gasteiger partial charge >= 0.3 is 0 Å². The molecular formula is C12H20N2O2. The Morgan fingerprint density at radius 1 is 1.56 bits per heavy atom. The molecule has 0 radical (unpaired) electrons. The van der Waals surface area contributed by atoms with Crippen molar-refractivity contribution in [2.24, 2.45) is 0 Å². The monoisotopic (exact) mass is 224 g/mol. The fourth-order valence-electron chi connectivity index (χ4n) is 1.94. The van der Waals surface area contributed by atoms with Gasteiger partial charge in [-0.2, -0.15) is 5.26 Å². The molecule has 0 N–H and O–H groups in total. The Hall–Kier alpha value is -1.08. The molecule has 1 aliphatic heterocycles. The summed E-state index contributed by atoms with van der Waals surface area (Å²) in [5.74, 6) is 0.0512. The lowest BCUT2D eigenvalue weighted by Crippen LogP contribution is -2.35. The van der Waals surface area contributed by atoms with Crippen LogP contribution in [0.1, 0.15) is 39.0 Å². The molecule has 0 aromatic rings. The Labute approximate surface area is 97.2 Å². The number of amides is 1.